The lowest BCUT2D eigenvalue weighted by molar-refractivity contribution is 0.429. The Bertz CT molecular complexity index is 667. The molecule has 0 bridgehead atoms. The Labute approximate surface area is 131 Å². The molecule has 0 spiro atoms. The number of anilines is 1. The van der Waals surface area contributed by atoms with E-state index in [9.17, 15) is 8.42 Å². The van der Waals surface area contributed by atoms with Crippen LogP contribution in [0.5, 0.6) is 0 Å². The van der Waals surface area contributed by atoms with Crippen molar-refractivity contribution < 1.29 is 8.42 Å². The van der Waals surface area contributed by atoms with Crippen molar-refractivity contribution in [2.24, 2.45) is 16.0 Å². The molecule has 0 aromatic heterocycles. The molecular formula is C14H21N5O2S. The van der Waals surface area contributed by atoms with Crippen molar-refractivity contribution in [1.29, 1.82) is 0 Å². The first-order valence-electron chi connectivity index (χ1n) is 7.20. The zero-order chi connectivity index (χ0) is 16.2. The summed E-state index contributed by atoms with van der Waals surface area (Å²) in [7, 11) is -3.71. The quantitative estimate of drug-likeness (QED) is 0.495. The maximum absolute atomic E-state index is 12.4. The van der Waals surface area contributed by atoms with Crippen LogP contribution in [0.3, 0.4) is 0 Å². The fourth-order valence-electron chi connectivity index (χ4n) is 2.01. The number of hydrazone groups is 1. The van der Waals surface area contributed by atoms with Crippen LogP contribution in [0.4, 0.5) is 5.69 Å². The van der Waals surface area contributed by atoms with Crippen LogP contribution in [-0.2, 0) is 10.0 Å². The van der Waals surface area contributed by atoms with Gasteiger partial charge in [0.15, 0.2) is 0 Å². The first-order valence-corrected chi connectivity index (χ1v) is 8.69. The van der Waals surface area contributed by atoms with E-state index in [4.69, 9.17) is 5.73 Å². The van der Waals surface area contributed by atoms with Crippen LogP contribution in [-0.4, -0.2) is 38.7 Å². The molecule has 1 unspecified atom stereocenters. The second-order valence-corrected chi connectivity index (χ2v) is 6.67. The average molecular weight is 323 g/mol. The third kappa shape index (κ3) is 3.76. The molecule has 1 heterocycles. The summed E-state index contributed by atoms with van der Waals surface area (Å²) in [6, 6.07) is 6.02. The number of rotatable bonds is 4. The zero-order valence-electron chi connectivity index (χ0n) is 12.7. The van der Waals surface area contributed by atoms with Gasteiger partial charge in [-0.2, -0.15) is 5.10 Å². The fraction of sp³-hybridized carbons (Fsp3) is 0.429. The standard InChI is InChI=1S/C14H21N5O2S/c1-3-11-9-17-19(10-11)14(16-4-2)18-22(20,21)13-7-5-12(15)6-8-13/h5-9,11H,3-4,10,15H2,1-2H3,(H,16,18). The van der Waals surface area contributed by atoms with Gasteiger partial charge in [-0.3, -0.25) is 4.99 Å². The largest absolute Gasteiger partial charge is 0.399 e. The van der Waals surface area contributed by atoms with Crippen LogP contribution in [0.2, 0.25) is 0 Å². The Morgan fingerprint density at radius 3 is 2.64 bits per heavy atom. The number of aliphatic imine (C=N–C) groups is 1. The van der Waals surface area contributed by atoms with Crippen molar-refractivity contribution in [2.45, 2.75) is 25.2 Å². The van der Waals surface area contributed by atoms with E-state index in [1.807, 2.05) is 13.1 Å². The Hall–Kier alpha value is -2.09. The molecule has 1 aliphatic heterocycles. The predicted octanol–water partition coefficient (Wildman–Crippen LogP) is 1.25. The molecule has 3 N–H and O–H groups in total. The Morgan fingerprint density at radius 1 is 1.41 bits per heavy atom. The number of hydrogen-bond acceptors (Lipinski definition) is 5. The summed E-state index contributed by atoms with van der Waals surface area (Å²) in [5.74, 6) is 0.551. The number of nitrogens with one attached hydrogen (secondary N) is 1. The van der Waals surface area contributed by atoms with E-state index in [1.54, 1.807) is 17.1 Å². The molecule has 1 atom stereocenters. The van der Waals surface area contributed by atoms with Crippen molar-refractivity contribution in [1.82, 2.24) is 9.73 Å². The minimum Gasteiger partial charge on any atom is -0.399 e. The van der Waals surface area contributed by atoms with E-state index < -0.39 is 10.0 Å². The average Bonchev–Trinajstić information content (AvgIpc) is 2.96. The molecule has 7 nitrogen and oxygen atoms in total. The fourth-order valence-corrected chi connectivity index (χ4v) is 3.03. The van der Waals surface area contributed by atoms with Gasteiger partial charge >= 0.3 is 0 Å². The SMILES string of the molecule is CCN=C(NS(=O)(=O)c1ccc(N)cc1)N1CC(CC)C=N1. The Morgan fingerprint density at radius 2 is 2.09 bits per heavy atom. The highest BCUT2D eigenvalue weighted by atomic mass is 32.2. The summed E-state index contributed by atoms with van der Waals surface area (Å²) in [5.41, 5.74) is 6.09. The van der Waals surface area contributed by atoms with Gasteiger partial charge in [0.05, 0.1) is 11.4 Å². The lowest BCUT2D eigenvalue weighted by Gasteiger charge is -2.19. The first kappa shape index (κ1) is 16.3. The van der Waals surface area contributed by atoms with Crippen LogP contribution >= 0.6 is 0 Å². The van der Waals surface area contributed by atoms with E-state index in [0.717, 1.165) is 6.42 Å². The molecule has 0 radical (unpaired) electrons. The molecule has 1 aromatic rings. The lowest BCUT2D eigenvalue weighted by Crippen LogP contribution is -2.41. The minimum absolute atomic E-state index is 0.140. The smallest absolute Gasteiger partial charge is 0.264 e. The summed E-state index contributed by atoms with van der Waals surface area (Å²) in [5, 5.41) is 5.82. The maximum atomic E-state index is 12.4. The zero-order valence-corrected chi connectivity index (χ0v) is 13.5. The maximum Gasteiger partial charge on any atom is 0.264 e. The molecule has 0 fully saturated rings. The van der Waals surface area contributed by atoms with Crippen LogP contribution in [0, 0.1) is 5.92 Å². The number of nitrogens with two attached hydrogens (primary N) is 1. The molecular weight excluding hydrogens is 302 g/mol. The van der Waals surface area contributed by atoms with Crippen molar-refractivity contribution >= 4 is 27.9 Å². The number of guanidine groups is 1. The second-order valence-electron chi connectivity index (χ2n) is 4.99. The normalized spacial score (nSPS) is 18.7. The summed E-state index contributed by atoms with van der Waals surface area (Å²) in [4.78, 5) is 4.36. The van der Waals surface area contributed by atoms with Crippen LogP contribution in [0.25, 0.3) is 0 Å². The topological polar surface area (TPSA) is 100 Å². The summed E-state index contributed by atoms with van der Waals surface area (Å²) >= 11 is 0. The van der Waals surface area contributed by atoms with Crippen LogP contribution < -0.4 is 10.5 Å². The molecule has 0 aliphatic carbocycles. The molecule has 22 heavy (non-hydrogen) atoms. The highest BCUT2D eigenvalue weighted by Gasteiger charge is 2.24. The Balaban J connectivity index is 2.19. The van der Waals surface area contributed by atoms with E-state index in [-0.39, 0.29) is 10.9 Å². The number of benzene rings is 1. The first-order chi connectivity index (χ1) is 10.5. The third-order valence-electron chi connectivity index (χ3n) is 3.32. The molecule has 8 heteroatoms. The highest BCUT2D eigenvalue weighted by Crippen LogP contribution is 2.14. The van der Waals surface area contributed by atoms with Crippen molar-refractivity contribution in [2.75, 3.05) is 18.8 Å². The minimum atomic E-state index is -3.71. The molecule has 0 amide bonds. The Kier molecular flexibility index (Phi) is 5.02. The van der Waals surface area contributed by atoms with E-state index in [2.05, 4.69) is 21.7 Å². The number of sulfonamides is 1. The van der Waals surface area contributed by atoms with E-state index in [1.165, 1.54) is 12.1 Å². The van der Waals surface area contributed by atoms with Gasteiger partial charge in [0.1, 0.15) is 0 Å². The van der Waals surface area contributed by atoms with Gasteiger partial charge in [0, 0.05) is 24.4 Å². The lowest BCUT2D eigenvalue weighted by atomic mass is 10.1. The summed E-state index contributed by atoms with van der Waals surface area (Å²) < 4.78 is 27.4. The van der Waals surface area contributed by atoms with Gasteiger partial charge in [0.25, 0.3) is 10.0 Å². The molecule has 1 aliphatic rings. The number of nitrogens with zero attached hydrogens (tertiary/aromatic N) is 3. The van der Waals surface area contributed by atoms with Gasteiger partial charge in [-0.05, 0) is 37.6 Å². The van der Waals surface area contributed by atoms with E-state index in [0.29, 0.717) is 24.7 Å². The summed E-state index contributed by atoms with van der Waals surface area (Å²) in [6.45, 7) is 4.99. The van der Waals surface area contributed by atoms with Crippen molar-refractivity contribution in [3.63, 3.8) is 0 Å². The highest BCUT2D eigenvalue weighted by molar-refractivity contribution is 7.90. The summed E-state index contributed by atoms with van der Waals surface area (Å²) in [6.07, 6.45) is 2.77. The molecule has 0 saturated heterocycles. The van der Waals surface area contributed by atoms with Gasteiger partial charge in [-0.1, -0.05) is 6.92 Å². The number of nitrogen functional groups attached to an aromatic ring is 1. The molecule has 2 rings (SSSR count). The van der Waals surface area contributed by atoms with Crippen molar-refractivity contribution in [3.8, 4) is 0 Å². The van der Waals surface area contributed by atoms with Crippen LogP contribution in [0.1, 0.15) is 20.3 Å². The van der Waals surface area contributed by atoms with Gasteiger partial charge in [-0.25, -0.2) is 18.1 Å². The van der Waals surface area contributed by atoms with Gasteiger partial charge < -0.3 is 5.73 Å². The van der Waals surface area contributed by atoms with Crippen LogP contribution in [0.15, 0.2) is 39.3 Å². The molecule has 120 valence electrons. The van der Waals surface area contributed by atoms with E-state index >= 15 is 0 Å². The third-order valence-corrected chi connectivity index (χ3v) is 4.66. The molecule has 1 aromatic carbocycles. The second kappa shape index (κ2) is 6.78. The number of hydrogen-bond donors (Lipinski definition) is 2. The molecule has 0 saturated carbocycles. The monoisotopic (exact) mass is 323 g/mol. The van der Waals surface area contributed by atoms with Gasteiger partial charge in [0.2, 0.25) is 5.96 Å². The van der Waals surface area contributed by atoms with Gasteiger partial charge in [-0.15, -0.1) is 0 Å². The van der Waals surface area contributed by atoms with Crippen molar-refractivity contribution in [3.05, 3.63) is 24.3 Å². The predicted molar refractivity (Wildman–Crippen MR) is 88.1 cm³/mol.